The zero-order valence-corrected chi connectivity index (χ0v) is 12.1. The van der Waals surface area contributed by atoms with E-state index in [-0.39, 0.29) is 6.17 Å². The largest absolute Gasteiger partial charge is 0.340 e. The van der Waals surface area contributed by atoms with Gasteiger partial charge in [-0.3, -0.25) is 0 Å². The zero-order valence-electron chi connectivity index (χ0n) is 10.5. The van der Waals surface area contributed by atoms with Gasteiger partial charge in [-0.15, -0.1) is 20.4 Å². The molecule has 2 heterocycles. The lowest BCUT2D eigenvalue weighted by Crippen LogP contribution is -2.37. The maximum absolute atomic E-state index is 4.06. The van der Waals surface area contributed by atoms with Gasteiger partial charge >= 0.3 is 0 Å². The number of anilines is 2. The van der Waals surface area contributed by atoms with Gasteiger partial charge in [-0.1, -0.05) is 41.9 Å². The van der Waals surface area contributed by atoms with E-state index in [0.29, 0.717) is 5.92 Å². The molecule has 1 fully saturated rings. The van der Waals surface area contributed by atoms with Crippen molar-refractivity contribution >= 4 is 32.9 Å². The van der Waals surface area contributed by atoms with Crippen LogP contribution in [0.2, 0.25) is 0 Å². The van der Waals surface area contributed by atoms with Gasteiger partial charge in [-0.2, -0.15) is 0 Å². The fourth-order valence-electron chi connectivity index (χ4n) is 2.48. The second-order valence-electron chi connectivity index (χ2n) is 4.65. The molecule has 1 aliphatic rings. The summed E-state index contributed by atoms with van der Waals surface area (Å²) >= 11 is 3.04. The third kappa shape index (κ3) is 3.38. The smallest absolute Gasteiger partial charge is 0.207 e. The zero-order chi connectivity index (χ0) is 12.9. The van der Waals surface area contributed by atoms with Crippen LogP contribution in [-0.2, 0) is 0 Å². The first-order valence-electron chi connectivity index (χ1n) is 6.47. The molecule has 2 aromatic heterocycles. The number of aromatic nitrogens is 4. The van der Waals surface area contributed by atoms with Crippen molar-refractivity contribution in [3.8, 4) is 0 Å². The molecule has 0 amide bonds. The van der Waals surface area contributed by atoms with Crippen molar-refractivity contribution in [3.63, 3.8) is 0 Å². The first-order chi connectivity index (χ1) is 9.42. The van der Waals surface area contributed by atoms with E-state index in [0.717, 1.165) is 10.3 Å². The van der Waals surface area contributed by atoms with Gasteiger partial charge in [-0.25, -0.2) is 0 Å². The minimum absolute atomic E-state index is 0.154. The van der Waals surface area contributed by atoms with Gasteiger partial charge in [0, 0.05) is 0 Å². The Balaban J connectivity index is 1.70. The molecular weight excluding hydrogens is 280 g/mol. The van der Waals surface area contributed by atoms with Crippen molar-refractivity contribution in [2.75, 3.05) is 10.6 Å². The van der Waals surface area contributed by atoms with Gasteiger partial charge in [0.25, 0.3) is 0 Å². The Morgan fingerprint density at radius 2 is 1.53 bits per heavy atom. The number of rotatable bonds is 5. The maximum atomic E-state index is 4.06. The summed E-state index contributed by atoms with van der Waals surface area (Å²) in [6.07, 6.45) is 6.58. The van der Waals surface area contributed by atoms with E-state index in [2.05, 4.69) is 31.0 Å². The minimum atomic E-state index is 0.154. The van der Waals surface area contributed by atoms with Crippen LogP contribution >= 0.6 is 22.7 Å². The topological polar surface area (TPSA) is 75.6 Å². The fraction of sp³-hybridized carbons (Fsp3) is 0.636. The summed E-state index contributed by atoms with van der Waals surface area (Å²) in [6, 6.07) is 0. The van der Waals surface area contributed by atoms with Crippen LogP contribution in [0.25, 0.3) is 0 Å². The van der Waals surface area contributed by atoms with Crippen LogP contribution in [0.4, 0.5) is 10.3 Å². The Hall–Kier alpha value is -1.28. The van der Waals surface area contributed by atoms with E-state index < -0.39 is 0 Å². The Labute approximate surface area is 119 Å². The van der Waals surface area contributed by atoms with Crippen LogP contribution < -0.4 is 10.6 Å². The van der Waals surface area contributed by atoms with Crippen molar-refractivity contribution in [3.05, 3.63) is 11.0 Å². The van der Waals surface area contributed by atoms with Gasteiger partial charge in [-0.05, 0) is 18.8 Å². The molecule has 0 aliphatic heterocycles. The fourth-order valence-corrected chi connectivity index (χ4v) is 3.44. The molecule has 3 rings (SSSR count). The predicted octanol–water partition coefficient (Wildman–Crippen LogP) is 2.82. The highest BCUT2D eigenvalue weighted by Gasteiger charge is 2.25. The highest BCUT2D eigenvalue weighted by atomic mass is 32.1. The normalized spacial score (nSPS) is 16.7. The van der Waals surface area contributed by atoms with E-state index in [4.69, 9.17) is 0 Å². The highest BCUT2D eigenvalue weighted by Crippen LogP contribution is 2.29. The van der Waals surface area contributed by atoms with Crippen LogP contribution in [-0.4, -0.2) is 26.6 Å². The molecule has 0 saturated heterocycles. The first-order valence-corrected chi connectivity index (χ1v) is 8.23. The van der Waals surface area contributed by atoms with Crippen LogP contribution in [0, 0.1) is 5.92 Å². The van der Waals surface area contributed by atoms with Gasteiger partial charge in [0.1, 0.15) is 17.2 Å². The van der Waals surface area contributed by atoms with E-state index >= 15 is 0 Å². The van der Waals surface area contributed by atoms with Gasteiger partial charge in [0.2, 0.25) is 10.3 Å². The van der Waals surface area contributed by atoms with Crippen molar-refractivity contribution in [1.82, 2.24) is 20.4 Å². The molecule has 2 aromatic rings. The second kappa shape index (κ2) is 6.25. The van der Waals surface area contributed by atoms with Gasteiger partial charge < -0.3 is 10.6 Å². The van der Waals surface area contributed by atoms with Crippen molar-refractivity contribution in [2.24, 2.45) is 5.92 Å². The Morgan fingerprint density at radius 1 is 0.947 bits per heavy atom. The molecule has 19 heavy (non-hydrogen) atoms. The third-order valence-corrected chi connectivity index (χ3v) is 4.64. The molecule has 0 radical (unpaired) electrons. The lowest BCUT2D eigenvalue weighted by Gasteiger charge is -2.31. The summed E-state index contributed by atoms with van der Waals surface area (Å²) in [4.78, 5) is 0. The molecule has 1 saturated carbocycles. The number of nitrogens with zero attached hydrogens (tertiary/aromatic N) is 4. The van der Waals surface area contributed by atoms with Crippen molar-refractivity contribution in [1.29, 1.82) is 0 Å². The SMILES string of the molecule is c1nnc(NC(Nc2nncs2)C2CCCCC2)s1. The third-order valence-electron chi connectivity index (χ3n) is 3.40. The monoisotopic (exact) mass is 296 g/mol. The average Bonchev–Trinajstić information content (AvgIpc) is 3.12. The molecule has 0 atom stereocenters. The molecule has 0 spiro atoms. The van der Waals surface area contributed by atoms with E-state index in [1.54, 1.807) is 11.0 Å². The molecular formula is C11H16N6S2. The van der Waals surface area contributed by atoms with Crippen LogP contribution in [0.1, 0.15) is 32.1 Å². The quantitative estimate of drug-likeness (QED) is 0.826. The molecule has 0 aromatic carbocycles. The summed E-state index contributed by atoms with van der Waals surface area (Å²) in [6.45, 7) is 0. The number of nitrogens with one attached hydrogen (secondary N) is 2. The van der Waals surface area contributed by atoms with Gasteiger partial charge in [0.05, 0.1) is 0 Å². The lowest BCUT2D eigenvalue weighted by molar-refractivity contribution is 0.332. The lowest BCUT2D eigenvalue weighted by atomic mass is 9.87. The number of hydrogen-bond acceptors (Lipinski definition) is 8. The Morgan fingerprint density at radius 3 is 2.00 bits per heavy atom. The van der Waals surface area contributed by atoms with Gasteiger partial charge in [0.15, 0.2) is 0 Å². The number of hydrogen-bond donors (Lipinski definition) is 2. The molecule has 2 N–H and O–H groups in total. The minimum Gasteiger partial charge on any atom is -0.340 e. The van der Waals surface area contributed by atoms with Crippen molar-refractivity contribution < 1.29 is 0 Å². The molecule has 6 nitrogen and oxygen atoms in total. The summed E-state index contributed by atoms with van der Waals surface area (Å²) < 4.78 is 0. The Bertz CT molecular complexity index is 429. The first kappa shape index (κ1) is 12.7. The van der Waals surface area contributed by atoms with Crippen LogP contribution in [0.5, 0.6) is 0 Å². The molecule has 102 valence electrons. The molecule has 1 aliphatic carbocycles. The standard InChI is InChI=1S/C11H16N6S2/c1-2-4-8(5-3-1)9(14-10-16-12-6-18-10)15-11-17-13-7-19-11/h6-9H,1-5H2,(H,14,16)(H,15,17). The van der Waals surface area contributed by atoms with Crippen molar-refractivity contribution in [2.45, 2.75) is 38.3 Å². The molecule has 0 bridgehead atoms. The summed E-state index contributed by atoms with van der Waals surface area (Å²) in [5, 5.41) is 24.5. The van der Waals surface area contributed by atoms with E-state index in [1.807, 2.05) is 0 Å². The molecule has 0 unspecified atom stereocenters. The van der Waals surface area contributed by atoms with Crippen LogP contribution in [0.3, 0.4) is 0 Å². The van der Waals surface area contributed by atoms with E-state index in [1.165, 1.54) is 54.8 Å². The van der Waals surface area contributed by atoms with E-state index in [9.17, 15) is 0 Å². The van der Waals surface area contributed by atoms with Crippen LogP contribution in [0.15, 0.2) is 11.0 Å². The average molecular weight is 296 g/mol. The summed E-state index contributed by atoms with van der Waals surface area (Å²) in [5.74, 6) is 0.599. The highest BCUT2D eigenvalue weighted by molar-refractivity contribution is 7.13. The predicted molar refractivity (Wildman–Crippen MR) is 77.4 cm³/mol. The second-order valence-corrected chi connectivity index (χ2v) is 6.32. The maximum Gasteiger partial charge on any atom is 0.207 e. The summed E-state index contributed by atoms with van der Waals surface area (Å²) in [5.41, 5.74) is 3.48. The molecule has 8 heteroatoms. The summed E-state index contributed by atoms with van der Waals surface area (Å²) in [7, 11) is 0. The Kier molecular flexibility index (Phi) is 4.19.